The zero-order valence-electron chi connectivity index (χ0n) is 17.7. The van der Waals surface area contributed by atoms with E-state index in [1.807, 2.05) is 30.3 Å². The summed E-state index contributed by atoms with van der Waals surface area (Å²) < 4.78 is 25.2. The summed E-state index contributed by atoms with van der Waals surface area (Å²) in [7, 11) is 3.60. The number of benzene rings is 1. The lowest BCUT2D eigenvalue weighted by Crippen LogP contribution is -2.56. The van der Waals surface area contributed by atoms with Crippen LogP contribution in [0.3, 0.4) is 0 Å². The van der Waals surface area contributed by atoms with E-state index >= 15 is 0 Å². The van der Waals surface area contributed by atoms with Crippen LogP contribution < -0.4 is 0 Å². The van der Waals surface area contributed by atoms with Crippen LogP contribution in [0.4, 0.5) is 0 Å². The van der Waals surface area contributed by atoms with Gasteiger partial charge in [-0.05, 0) is 25.7 Å². The number of hydrogen-bond acceptors (Lipinski definition) is 5. The molecule has 5 heteroatoms. The van der Waals surface area contributed by atoms with Crippen molar-refractivity contribution in [3.8, 4) is 0 Å². The third-order valence-electron chi connectivity index (χ3n) is 7.32. The molecule has 0 N–H and O–H groups in total. The number of Topliss-reactive ketones (excluding diaryl/α,β-unsaturated/α-hetero) is 1. The minimum absolute atomic E-state index is 0.127. The lowest BCUT2D eigenvalue weighted by Gasteiger charge is -2.42. The average molecular weight is 403 g/mol. The molecule has 2 aliphatic carbocycles. The predicted molar refractivity (Wildman–Crippen MR) is 110 cm³/mol. The summed E-state index contributed by atoms with van der Waals surface area (Å²) in [5.41, 5.74) is 0.125. The SMILES string of the molecule is COC1([C@H]2OC(CCC(=O)c3ccccc3)O[C@@H]2C2(OC)CCCC2)CCCC1. The Bertz CT molecular complexity index is 644. The fourth-order valence-electron chi connectivity index (χ4n) is 5.61. The zero-order valence-corrected chi connectivity index (χ0v) is 17.7. The molecule has 2 atom stereocenters. The molecule has 1 heterocycles. The topological polar surface area (TPSA) is 54.0 Å². The van der Waals surface area contributed by atoms with Gasteiger partial charge in [0.2, 0.25) is 0 Å². The Labute approximate surface area is 174 Å². The highest BCUT2D eigenvalue weighted by Crippen LogP contribution is 2.49. The molecule has 0 bridgehead atoms. The summed E-state index contributed by atoms with van der Waals surface area (Å²) >= 11 is 0. The molecule has 160 valence electrons. The smallest absolute Gasteiger partial charge is 0.163 e. The predicted octanol–water partition coefficient (Wildman–Crippen LogP) is 4.68. The molecule has 0 radical (unpaired) electrons. The lowest BCUT2D eigenvalue weighted by atomic mass is 9.81. The normalized spacial score (nSPS) is 28.8. The Hall–Kier alpha value is -1.27. The van der Waals surface area contributed by atoms with E-state index in [0.717, 1.165) is 56.9 Å². The van der Waals surface area contributed by atoms with E-state index in [9.17, 15) is 4.79 Å². The molecule has 1 aromatic rings. The van der Waals surface area contributed by atoms with Crippen LogP contribution in [0.5, 0.6) is 0 Å². The quantitative estimate of drug-likeness (QED) is 0.591. The average Bonchev–Trinajstić information content (AvgIpc) is 3.52. The van der Waals surface area contributed by atoms with Gasteiger partial charge in [-0.15, -0.1) is 0 Å². The van der Waals surface area contributed by atoms with Crippen molar-refractivity contribution in [3.63, 3.8) is 0 Å². The molecular formula is C24H34O5. The minimum atomic E-state index is -0.391. The number of rotatable bonds is 8. The second kappa shape index (κ2) is 8.84. The highest BCUT2D eigenvalue weighted by Gasteiger charge is 2.59. The number of carbonyl (C=O) groups is 1. The van der Waals surface area contributed by atoms with E-state index in [2.05, 4.69) is 0 Å². The molecule has 2 saturated carbocycles. The Morgan fingerprint density at radius 3 is 1.83 bits per heavy atom. The van der Waals surface area contributed by atoms with Crippen LogP contribution in [0.25, 0.3) is 0 Å². The molecule has 1 aliphatic heterocycles. The van der Waals surface area contributed by atoms with Crippen molar-refractivity contribution in [2.45, 2.75) is 93.9 Å². The van der Waals surface area contributed by atoms with Gasteiger partial charge in [0.25, 0.3) is 0 Å². The first-order valence-electron chi connectivity index (χ1n) is 11.1. The van der Waals surface area contributed by atoms with Crippen molar-refractivity contribution in [1.82, 2.24) is 0 Å². The fourth-order valence-corrected chi connectivity index (χ4v) is 5.61. The van der Waals surface area contributed by atoms with Gasteiger partial charge in [0, 0.05) is 32.6 Å². The molecule has 0 unspecified atom stereocenters. The molecule has 4 rings (SSSR count). The minimum Gasteiger partial charge on any atom is -0.375 e. The standard InChI is InChI=1S/C24H34O5/c1-26-23(14-6-7-15-23)21-22(24(27-2)16-8-9-17-24)29-20(28-21)13-12-19(25)18-10-4-3-5-11-18/h3-5,10-11,20-22H,6-9,12-17H2,1-2H3/t21-,22-/m0/s1. The number of ketones is 1. The van der Waals surface area contributed by atoms with Crippen LogP contribution in [0.1, 0.15) is 74.6 Å². The van der Waals surface area contributed by atoms with Gasteiger partial charge in [0.1, 0.15) is 12.2 Å². The molecule has 0 aromatic heterocycles. The van der Waals surface area contributed by atoms with Crippen molar-refractivity contribution < 1.29 is 23.7 Å². The Kier molecular flexibility index (Phi) is 6.40. The number of carbonyl (C=O) groups excluding carboxylic acids is 1. The molecule has 0 amide bonds. The van der Waals surface area contributed by atoms with Gasteiger partial charge in [0.05, 0.1) is 11.2 Å². The fraction of sp³-hybridized carbons (Fsp3) is 0.708. The molecular weight excluding hydrogens is 368 g/mol. The van der Waals surface area contributed by atoms with Crippen LogP contribution in [-0.4, -0.2) is 49.7 Å². The van der Waals surface area contributed by atoms with Crippen molar-refractivity contribution in [2.75, 3.05) is 14.2 Å². The van der Waals surface area contributed by atoms with Gasteiger partial charge in [-0.25, -0.2) is 0 Å². The maximum atomic E-state index is 12.6. The van der Waals surface area contributed by atoms with Gasteiger partial charge in [-0.1, -0.05) is 56.0 Å². The first-order valence-corrected chi connectivity index (χ1v) is 11.1. The highest BCUT2D eigenvalue weighted by molar-refractivity contribution is 5.95. The molecule has 3 fully saturated rings. The molecule has 3 aliphatic rings. The third kappa shape index (κ3) is 4.02. The summed E-state index contributed by atoms with van der Waals surface area (Å²) in [6.07, 6.45) is 8.84. The van der Waals surface area contributed by atoms with E-state index < -0.39 is 6.29 Å². The van der Waals surface area contributed by atoms with Crippen molar-refractivity contribution in [3.05, 3.63) is 35.9 Å². The van der Waals surface area contributed by atoms with Crippen molar-refractivity contribution in [2.24, 2.45) is 0 Å². The highest BCUT2D eigenvalue weighted by atomic mass is 16.7. The molecule has 5 nitrogen and oxygen atoms in total. The van der Waals surface area contributed by atoms with E-state index in [-0.39, 0.29) is 29.2 Å². The van der Waals surface area contributed by atoms with Crippen LogP contribution in [0.2, 0.25) is 0 Å². The Balaban J connectivity index is 1.50. The Morgan fingerprint density at radius 1 is 0.897 bits per heavy atom. The van der Waals surface area contributed by atoms with Gasteiger partial charge < -0.3 is 18.9 Å². The van der Waals surface area contributed by atoms with Crippen LogP contribution in [-0.2, 0) is 18.9 Å². The first-order chi connectivity index (χ1) is 14.1. The van der Waals surface area contributed by atoms with E-state index in [0.29, 0.717) is 12.8 Å². The molecule has 0 spiro atoms. The summed E-state index contributed by atoms with van der Waals surface area (Å²) in [4.78, 5) is 12.6. The maximum Gasteiger partial charge on any atom is 0.163 e. The summed E-state index contributed by atoms with van der Waals surface area (Å²) in [6, 6.07) is 9.44. The summed E-state index contributed by atoms with van der Waals surface area (Å²) in [6.45, 7) is 0. The Morgan fingerprint density at radius 2 is 1.38 bits per heavy atom. The van der Waals surface area contributed by atoms with Gasteiger partial charge in [0.15, 0.2) is 12.1 Å². The van der Waals surface area contributed by atoms with Crippen molar-refractivity contribution >= 4 is 5.78 Å². The van der Waals surface area contributed by atoms with Crippen LogP contribution >= 0.6 is 0 Å². The van der Waals surface area contributed by atoms with E-state index in [4.69, 9.17) is 18.9 Å². The maximum absolute atomic E-state index is 12.6. The molecule has 1 saturated heterocycles. The van der Waals surface area contributed by atoms with Gasteiger partial charge in [-0.2, -0.15) is 0 Å². The first kappa shape index (κ1) is 21.0. The van der Waals surface area contributed by atoms with E-state index in [1.54, 1.807) is 14.2 Å². The van der Waals surface area contributed by atoms with Crippen LogP contribution in [0.15, 0.2) is 30.3 Å². The summed E-state index contributed by atoms with van der Waals surface area (Å²) in [5.74, 6) is 0.127. The third-order valence-corrected chi connectivity index (χ3v) is 7.32. The lowest BCUT2D eigenvalue weighted by molar-refractivity contribution is -0.153. The van der Waals surface area contributed by atoms with Gasteiger partial charge >= 0.3 is 0 Å². The zero-order chi connectivity index (χ0) is 20.3. The summed E-state index contributed by atoms with van der Waals surface area (Å²) in [5, 5.41) is 0. The second-order valence-corrected chi connectivity index (χ2v) is 8.82. The molecule has 29 heavy (non-hydrogen) atoms. The number of methoxy groups -OCH3 is 2. The number of hydrogen-bond donors (Lipinski definition) is 0. The largest absolute Gasteiger partial charge is 0.375 e. The monoisotopic (exact) mass is 402 g/mol. The second-order valence-electron chi connectivity index (χ2n) is 8.82. The van der Waals surface area contributed by atoms with E-state index in [1.165, 1.54) is 0 Å². The number of ether oxygens (including phenoxy) is 4. The van der Waals surface area contributed by atoms with Gasteiger partial charge in [-0.3, -0.25) is 4.79 Å². The van der Waals surface area contributed by atoms with Crippen LogP contribution in [0, 0.1) is 0 Å². The van der Waals surface area contributed by atoms with Crippen molar-refractivity contribution in [1.29, 1.82) is 0 Å². The molecule has 1 aromatic carbocycles.